The van der Waals surface area contributed by atoms with E-state index in [4.69, 9.17) is 14.7 Å². The molecule has 0 amide bonds. The van der Waals surface area contributed by atoms with Gasteiger partial charge >= 0.3 is 0 Å². The SMILES string of the molecule is COc1ccc2nc(Nc3sc4c(c3-c3nc5ccccc5s3)CCN(Cc3ccccc3)C4)sc2c1. The van der Waals surface area contributed by atoms with Gasteiger partial charge in [-0.25, -0.2) is 9.97 Å². The Hall–Kier alpha value is -3.30. The largest absolute Gasteiger partial charge is 0.497 e. The number of benzene rings is 3. The van der Waals surface area contributed by atoms with Gasteiger partial charge in [0.1, 0.15) is 15.8 Å². The van der Waals surface area contributed by atoms with E-state index in [-0.39, 0.29) is 0 Å². The van der Waals surface area contributed by atoms with Gasteiger partial charge in [0.05, 0.1) is 27.5 Å². The lowest BCUT2D eigenvalue weighted by molar-refractivity contribution is 0.249. The van der Waals surface area contributed by atoms with Gasteiger partial charge in [0.2, 0.25) is 0 Å². The number of ether oxygens (including phenoxy) is 1. The predicted molar refractivity (Wildman–Crippen MR) is 157 cm³/mol. The number of aromatic nitrogens is 2. The minimum atomic E-state index is 0.850. The van der Waals surface area contributed by atoms with E-state index < -0.39 is 0 Å². The van der Waals surface area contributed by atoms with Gasteiger partial charge < -0.3 is 10.1 Å². The van der Waals surface area contributed by atoms with Crippen molar-refractivity contribution in [3.05, 3.63) is 88.8 Å². The van der Waals surface area contributed by atoms with Crippen LogP contribution in [0.1, 0.15) is 16.0 Å². The van der Waals surface area contributed by atoms with E-state index in [1.165, 1.54) is 26.3 Å². The molecule has 0 fully saturated rings. The first-order valence-corrected chi connectivity index (χ1v) is 14.7. The van der Waals surface area contributed by atoms with Crippen LogP contribution in [-0.2, 0) is 19.5 Å². The maximum Gasteiger partial charge on any atom is 0.188 e. The highest BCUT2D eigenvalue weighted by Crippen LogP contribution is 2.47. The maximum absolute atomic E-state index is 5.41. The van der Waals surface area contributed by atoms with E-state index >= 15 is 0 Å². The third-order valence-corrected chi connectivity index (χ3v) is 9.83. The fraction of sp³-hybridized carbons (Fsp3) is 0.172. The number of thiophene rings is 1. The number of anilines is 2. The highest BCUT2D eigenvalue weighted by Gasteiger charge is 2.27. The van der Waals surface area contributed by atoms with Crippen LogP contribution < -0.4 is 10.1 Å². The lowest BCUT2D eigenvalue weighted by Crippen LogP contribution is -2.29. The summed E-state index contributed by atoms with van der Waals surface area (Å²) in [6, 6.07) is 25.2. The highest BCUT2D eigenvalue weighted by molar-refractivity contribution is 7.24. The number of hydrogen-bond donors (Lipinski definition) is 1. The molecule has 0 saturated carbocycles. The number of thiazole rings is 2. The Morgan fingerprint density at radius 1 is 0.892 bits per heavy atom. The maximum atomic E-state index is 5.41. The Balaban J connectivity index is 1.27. The van der Waals surface area contributed by atoms with Crippen LogP contribution in [0.4, 0.5) is 10.1 Å². The van der Waals surface area contributed by atoms with Gasteiger partial charge in [0.15, 0.2) is 5.13 Å². The molecule has 1 aliphatic heterocycles. The second-order valence-electron chi connectivity index (χ2n) is 9.12. The van der Waals surface area contributed by atoms with Crippen molar-refractivity contribution in [3.8, 4) is 16.3 Å². The van der Waals surface area contributed by atoms with Crippen molar-refractivity contribution in [2.45, 2.75) is 19.5 Å². The fourth-order valence-corrected chi connectivity index (χ4v) is 8.27. The van der Waals surface area contributed by atoms with Crippen LogP contribution >= 0.6 is 34.0 Å². The van der Waals surface area contributed by atoms with Gasteiger partial charge in [0, 0.05) is 30.1 Å². The van der Waals surface area contributed by atoms with Gasteiger partial charge in [-0.05, 0) is 47.9 Å². The molecule has 4 heterocycles. The van der Waals surface area contributed by atoms with Crippen LogP contribution in [-0.4, -0.2) is 28.5 Å². The van der Waals surface area contributed by atoms with Gasteiger partial charge in [0.25, 0.3) is 0 Å². The van der Waals surface area contributed by atoms with Crippen LogP contribution in [0.15, 0.2) is 72.8 Å². The average molecular weight is 541 g/mol. The molecule has 0 radical (unpaired) electrons. The minimum Gasteiger partial charge on any atom is -0.497 e. The molecule has 1 aliphatic rings. The topological polar surface area (TPSA) is 50.3 Å². The Morgan fingerprint density at radius 2 is 1.73 bits per heavy atom. The van der Waals surface area contributed by atoms with Crippen LogP contribution in [0.5, 0.6) is 5.75 Å². The smallest absolute Gasteiger partial charge is 0.188 e. The molecule has 8 heteroatoms. The van der Waals surface area contributed by atoms with E-state index in [1.807, 2.05) is 29.5 Å². The van der Waals surface area contributed by atoms with Crippen LogP contribution in [0.3, 0.4) is 0 Å². The summed E-state index contributed by atoms with van der Waals surface area (Å²) in [5.74, 6) is 0.850. The summed E-state index contributed by atoms with van der Waals surface area (Å²) in [6.07, 6.45) is 1.02. The number of fused-ring (bicyclic) bond motifs is 3. The predicted octanol–water partition coefficient (Wildman–Crippen LogP) is 7.95. The first-order valence-electron chi connectivity index (χ1n) is 12.2. The Kier molecular flexibility index (Phi) is 5.89. The number of methoxy groups -OCH3 is 1. The van der Waals surface area contributed by atoms with Crippen LogP contribution in [0, 0.1) is 0 Å². The molecular weight excluding hydrogens is 517 g/mol. The fourth-order valence-electron chi connectivity index (χ4n) is 4.91. The van der Waals surface area contributed by atoms with E-state index in [0.717, 1.165) is 62.7 Å². The van der Waals surface area contributed by atoms with E-state index in [0.29, 0.717) is 0 Å². The number of para-hydroxylation sites is 1. The van der Waals surface area contributed by atoms with Gasteiger partial charge in [-0.1, -0.05) is 53.8 Å². The summed E-state index contributed by atoms with van der Waals surface area (Å²) in [5, 5.41) is 6.81. The van der Waals surface area contributed by atoms with Crippen LogP contribution in [0.2, 0.25) is 0 Å². The minimum absolute atomic E-state index is 0.850. The monoisotopic (exact) mass is 540 g/mol. The molecule has 6 aromatic rings. The number of hydrogen-bond acceptors (Lipinski definition) is 8. The molecule has 184 valence electrons. The second kappa shape index (κ2) is 9.54. The molecule has 3 aromatic heterocycles. The molecule has 37 heavy (non-hydrogen) atoms. The molecule has 1 N–H and O–H groups in total. The van der Waals surface area contributed by atoms with Crippen LogP contribution in [0.25, 0.3) is 31.0 Å². The zero-order chi connectivity index (χ0) is 24.8. The number of nitrogens with one attached hydrogen (secondary N) is 1. The van der Waals surface area contributed by atoms with E-state index in [1.54, 1.807) is 29.8 Å². The van der Waals surface area contributed by atoms with Crippen molar-refractivity contribution in [3.63, 3.8) is 0 Å². The highest BCUT2D eigenvalue weighted by atomic mass is 32.1. The molecule has 5 nitrogen and oxygen atoms in total. The van der Waals surface area contributed by atoms with Gasteiger partial charge in [-0.3, -0.25) is 4.90 Å². The van der Waals surface area contributed by atoms with Crippen molar-refractivity contribution in [2.24, 2.45) is 0 Å². The van der Waals surface area contributed by atoms with Crippen molar-refractivity contribution >= 4 is 64.6 Å². The Labute approximate surface area is 227 Å². The molecule has 3 aromatic carbocycles. The van der Waals surface area contributed by atoms with Gasteiger partial charge in [-0.2, -0.15) is 0 Å². The third kappa shape index (κ3) is 4.40. The lowest BCUT2D eigenvalue weighted by atomic mass is 10.0. The van der Waals surface area contributed by atoms with Crippen molar-refractivity contribution in [1.29, 1.82) is 0 Å². The quantitative estimate of drug-likeness (QED) is 0.232. The van der Waals surface area contributed by atoms with E-state index in [9.17, 15) is 0 Å². The third-order valence-electron chi connectivity index (χ3n) is 6.71. The zero-order valence-corrected chi connectivity index (χ0v) is 22.7. The molecule has 0 spiro atoms. The standard InChI is InChI=1S/C29H24N4OS3/c1-34-19-11-12-22-24(15-19)37-29(31-22)32-28-26(27-30-21-9-5-6-10-23(21)35-27)20-13-14-33(17-25(20)36-28)16-18-7-3-2-4-8-18/h2-12,15H,13-14,16-17H2,1H3,(H,31,32). The Morgan fingerprint density at radius 3 is 2.59 bits per heavy atom. The summed E-state index contributed by atoms with van der Waals surface area (Å²) < 4.78 is 7.74. The number of rotatable bonds is 6. The normalized spacial score (nSPS) is 13.8. The summed E-state index contributed by atoms with van der Waals surface area (Å²) in [6.45, 7) is 2.96. The summed E-state index contributed by atoms with van der Waals surface area (Å²) in [5.41, 5.74) is 6.07. The van der Waals surface area contributed by atoms with Crippen molar-refractivity contribution in [1.82, 2.24) is 14.9 Å². The summed E-state index contributed by atoms with van der Waals surface area (Å²) >= 11 is 5.28. The molecule has 0 unspecified atom stereocenters. The molecule has 7 rings (SSSR count). The molecule has 0 saturated heterocycles. The molecule has 0 atom stereocenters. The first-order chi connectivity index (χ1) is 18.2. The summed E-state index contributed by atoms with van der Waals surface area (Å²) in [4.78, 5) is 13.9. The zero-order valence-electron chi connectivity index (χ0n) is 20.2. The number of nitrogens with zero attached hydrogens (tertiary/aromatic N) is 3. The molecular formula is C29H24N4OS3. The first kappa shape index (κ1) is 22.9. The molecule has 0 aliphatic carbocycles. The lowest BCUT2D eigenvalue weighted by Gasteiger charge is -2.27. The Bertz CT molecular complexity index is 1690. The average Bonchev–Trinajstić information content (AvgIpc) is 3.62. The van der Waals surface area contributed by atoms with Gasteiger partial charge in [-0.15, -0.1) is 22.7 Å². The van der Waals surface area contributed by atoms with Crippen molar-refractivity contribution in [2.75, 3.05) is 19.0 Å². The van der Waals surface area contributed by atoms with Crippen molar-refractivity contribution < 1.29 is 4.74 Å². The van der Waals surface area contributed by atoms with E-state index in [2.05, 4.69) is 64.8 Å². The summed E-state index contributed by atoms with van der Waals surface area (Å²) in [7, 11) is 1.70. The second-order valence-corrected chi connectivity index (χ2v) is 12.3. The molecule has 0 bridgehead atoms.